The molecule has 0 aliphatic carbocycles. The summed E-state index contributed by atoms with van der Waals surface area (Å²) in [6.07, 6.45) is 0.949. The number of anilines is 1. The number of nitrogens with two attached hydrogens (primary N) is 1. The van der Waals surface area contributed by atoms with E-state index in [2.05, 4.69) is 18.0 Å². The third kappa shape index (κ3) is 3.89. The van der Waals surface area contributed by atoms with E-state index >= 15 is 0 Å². The third-order valence-electron chi connectivity index (χ3n) is 4.31. The molecule has 0 saturated heterocycles. The van der Waals surface area contributed by atoms with E-state index < -0.39 is 0 Å². The van der Waals surface area contributed by atoms with Gasteiger partial charge in [-0.1, -0.05) is 42.8 Å². The molecule has 0 fully saturated rings. The minimum atomic E-state index is 0.217. The Hall–Kier alpha value is -3.03. The van der Waals surface area contributed by atoms with Gasteiger partial charge < -0.3 is 10.5 Å². The first kappa shape index (κ1) is 18.8. The predicted molar refractivity (Wildman–Crippen MR) is 110 cm³/mol. The third-order valence-corrected chi connectivity index (χ3v) is 4.57. The molecule has 3 aromatic rings. The zero-order chi connectivity index (χ0) is 19.4. The first-order valence-corrected chi connectivity index (χ1v) is 9.12. The fourth-order valence-corrected chi connectivity index (χ4v) is 3.12. The molecule has 0 radical (unpaired) electrons. The van der Waals surface area contributed by atoms with Gasteiger partial charge in [0.1, 0.15) is 23.2 Å². The molecule has 0 bridgehead atoms. The van der Waals surface area contributed by atoms with Crippen LogP contribution in [-0.4, -0.2) is 11.6 Å². The SMILES string of the molecule is CCCOc1ccc(-c2c(C)c(-c3ccc(Cl)cc3)nc(N)c2C#N)cc1. The lowest BCUT2D eigenvalue weighted by Gasteiger charge is -2.15. The van der Waals surface area contributed by atoms with Crippen LogP contribution in [0.25, 0.3) is 22.4 Å². The van der Waals surface area contributed by atoms with E-state index in [1.165, 1.54) is 0 Å². The van der Waals surface area contributed by atoms with Crippen molar-refractivity contribution in [2.24, 2.45) is 0 Å². The van der Waals surface area contributed by atoms with Crippen LogP contribution >= 0.6 is 11.6 Å². The minimum Gasteiger partial charge on any atom is -0.494 e. The molecule has 2 N–H and O–H groups in total. The molecule has 1 heterocycles. The van der Waals surface area contributed by atoms with Crippen molar-refractivity contribution < 1.29 is 4.74 Å². The van der Waals surface area contributed by atoms with Crippen LogP contribution in [0.5, 0.6) is 5.75 Å². The van der Waals surface area contributed by atoms with Crippen LogP contribution in [0.4, 0.5) is 5.82 Å². The molecule has 0 amide bonds. The van der Waals surface area contributed by atoms with Crippen LogP contribution in [0, 0.1) is 18.3 Å². The zero-order valence-corrected chi connectivity index (χ0v) is 16.0. The Morgan fingerprint density at radius 1 is 1.07 bits per heavy atom. The van der Waals surface area contributed by atoms with Crippen LogP contribution in [0.2, 0.25) is 5.02 Å². The molecule has 2 aromatic carbocycles. The lowest BCUT2D eigenvalue weighted by Crippen LogP contribution is -2.03. The quantitative estimate of drug-likeness (QED) is 0.626. The highest BCUT2D eigenvalue weighted by atomic mass is 35.5. The molecule has 0 spiro atoms. The molecule has 27 heavy (non-hydrogen) atoms. The number of nitrogen functional groups attached to an aromatic ring is 1. The van der Waals surface area contributed by atoms with Crippen LogP contribution in [0.3, 0.4) is 0 Å². The van der Waals surface area contributed by atoms with Crippen LogP contribution in [-0.2, 0) is 0 Å². The summed E-state index contributed by atoms with van der Waals surface area (Å²) < 4.78 is 5.65. The average molecular weight is 378 g/mol. The second kappa shape index (κ2) is 8.11. The highest BCUT2D eigenvalue weighted by molar-refractivity contribution is 6.30. The van der Waals surface area contributed by atoms with Crippen molar-refractivity contribution in [3.63, 3.8) is 0 Å². The van der Waals surface area contributed by atoms with Crippen molar-refractivity contribution in [1.82, 2.24) is 4.98 Å². The number of hydrogen-bond donors (Lipinski definition) is 1. The molecular formula is C22H20ClN3O. The van der Waals surface area contributed by atoms with Gasteiger partial charge in [-0.2, -0.15) is 5.26 Å². The van der Waals surface area contributed by atoms with Gasteiger partial charge in [-0.25, -0.2) is 4.98 Å². The second-order valence-corrected chi connectivity index (χ2v) is 6.65. The molecular weight excluding hydrogens is 358 g/mol. The Bertz CT molecular complexity index is 990. The van der Waals surface area contributed by atoms with Crippen molar-refractivity contribution in [3.8, 4) is 34.2 Å². The van der Waals surface area contributed by atoms with E-state index in [4.69, 9.17) is 22.1 Å². The van der Waals surface area contributed by atoms with E-state index in [9.17, 15) is 5.26 Å². The summed E-state index contributed by atoms with van der Waals surface area (Å²) in [4.78, 5) is 4.48. The second-order valence-electron chi connectivity index (χ2n) is 6.21. The van der Waals surface area contributed by atoms with Gasteiger partial charge in [-0.05, 0) is 48.7 Å². The zero-order valence-electron chi connectivity index (χ0n) is 15.3. The molecule has 5 heteroatoms. The number of nitriles is 1. The number of halogens is 1. The van der Waals surface area contributed by atoms with Gasteiger partial charge in [-0.3, -0.25) is 0 Å². The Balaban J connectivity index is 2.13. The number of rotatable bonds is 5. The van der Waals surface area contributed by atoms with Gasteiger partial charge >= 0.3 is 0 Å². The summed E-state index contributed by atoms with van der Waals surface area (Å²) >= 11 is 6.00. The minimum absolute atomic E-state index is 0.217. The summed E-state index contributed by atoms with van der Waals surface area (Å²) in [7, 11) is 0. The van der Waals surface area contributed by atoms with E-state index in [0.717, 1.165) is 40.1 Å². The van der Waals surface area contributed by atoms with Gasteiger partial charge in [0.2, 0.25) is 0 Å². The normalized spacial score (nSPS) is 10.4. The van der Waals surface area contributed by atoms with Crippen molar-refractivity contribution in [3.05, 3.63) is 64.7 Å². The molecule has 0 aliphatic rings. The van der Waals surface area contributed by atoms with Crippen molar-refractivity contribution in [1.29, 1.82) is 5.26 Å². The van der Waals surface area contributed by atoms with E-state index in [-0.39, 0.29) is 5.82 Å². The molecule has 0 saturated carbocycles. The molecule has 0 atom stereocenters. The maximum absolute atomic E-state index is 9.64. The lowest BCUT2D eigenvalue weighted by atomic mass is 9.93. The van der Waals surface area contributed by atoms with Crippen LogP contribution in [0.1, 0.15) is 24.5 Å². The fraction of sp³-hybridized carbons (Fsp3) is 0.182. The summed E-state index contributed by atoms with van der Waals surface area (Å²) in [5.41, 5.74) is 10.7. The summed E-state index contributed by atoms with van der Waals surface area (Å²) in [6.45, 7) is 4.69. The number of benzene rings is 2. The molecule has 136 valence electrons. The summed E-state index contributed by atoms with van der Waals surface area (Å²) in [6, 6.07) is 17.3. The monoisotopic (exact) mass is 377 g/mol. The fourth-order valence-electron chi connectivity index (χ4n) is 2.99. The van der Waals surface area contributed by atoms with E-state index in [0.29, 0.717) is 17.2 Å². The van der Waals surface area contributed by atoms with Gasteiger partial charge in [0, 0.05) is 16.1 Å². The van der Waals surface area contributed by atoms with Gasteiger partial charge in [0.25, 0.3) is 0 Å². The van der Waals surface area contributed by atoms with Crippen LogP contribution < -0.4 is 10.5 Å². The maximum atomic E-state index is 9.64. The number of pyridine rings is 1. The van der Waals surface area contributed by atoms with E-state index in [1.807, 2.05) is 55.5 Å². The number of aromatic nitrogens is 1. The smallest absolute Gasteiger partial charge is 0.142 e. The van der Waals surface area contributed by atoms with E-state index in [1.54, 1.807) is 0 Å². The Labute approximate surface area is 164 Å². The number of ether oxygens (including phenoxy) is 1. The largest absolute Gasteiger partial charge is 0.494 e. The molecule has 4 nitrogen and oxygen atoms in total. The van der Waals surface area contributed by atoms with Crippen molar-refractivity contribution in [2.75, 3.05) is 12.3 Å². The van der Waals surface area contributed by atoms with Crippen molar-refractivity contribution in [2.45, 2.75) is 20.3 Å². The highest BCUT2D eigenvalue weighted by Gasteiger charge is 2.18. The van der Waals surface area contributed by atoms with Crippen molar-refractivity contribution >= 4 is 17.4 Å². The Kier molecular flexibility index (Phi) is 5.63. The lowest BCUT2D eigenvalue weighted by molar-refractivity contribution is 0.317. The average Bonchev–Trinajstić information content (AvgIpc) is 2.69. The molecule has 1 aromatic heterocycles. The predicted octanol–water partition coefficient (Wildman–Crippen LogP) is 5.62. The van der Waals surface area contributed by atoms with Gasteiger partial charge in [-0.15, -0.1) is 0 Å². The summed E-state index contributed by atoms with van der Waals surface area (Å²) in [5.74, 6) is 1.02. The van der Waals surface area contributed by atoms with Gasteiger partial charge in [0.05, 0.1) is 12.3 Å². The standard InChI is InChI=1S/C22H20ClN3O/c1-3-12-27-18-10-6-15(7-11-18)20-14(2)21(26-22(25)19(20)13-24)16-4-8-17(23)9-5-16/h4-11H,3,12H2,1-2H3,(H2,25,26). The molecule has 0 unspecified atom stereocenters. The molecule has 0 aliphatic heterocycles. The first-order valence-electron chi connectivity index (χ1n) is 8.74. The topological polar surface area (TPSA) is 71.9 Å². The number of nitrogens with zero attached hydrogens (tertiary/aromatic N) is 2. The highest BCUT2D eigenvalue weighted by Crippen LogP contribution is 2.36. The first-order chi connectivity index (χ1) is 13.0. The molecule has 3 rings (SSSR count). The number of hydrogen-bond acceptors (Lipinski definition) is 4. The Morgan fingerprint density at radius 3 is 2.30 bits per heavy atom. The summed E-state index contributed by atoms with van der Waals surface area (Å²) in [5, 5.41) is 10.3. The maximum Gasteiger partial charge on any atom is 0.142 e. The van der Waals surface area contributed by atoms with Gasteiger partial charge in [0.15, 0.2) is 0 Å². The Morgan fingerprint density at radius 2 is 1.70 bits per heavy atom. The van der Waals surface area contributed by atoms with Crippen LogP contribution in [0.15, 0.2) is 48.5 Å².